The minimum atomic E-state index is 0.0248. The molecule has 29 heavy (non-hydrogen) atoms. The van der Waals surface area contributed by atoms with E-state index in [4.69, 9.17) is 9.26 Å². The van der Waals surface area contributed by atoms with Crippen LogP contribution in [0.1, 0.15) is 29.1 Å². The highest BCUT2D eigenvalue weighted by Gasteiger charge is 2.25. The molecule has 2 aromatic heterocycles. The summed E-state index contributed by atoms with van der Waals surface area (Å²) in [6.07, 6.45) is 5.83. The molecule has 1 amide bonds. The molecule has 0 N–H and O–H groups in total. The average Bonchev–Trinajstić information content (AvgIpc) is 3.22. The van der Waals surface area contributed by atoms with Crippen LogP contribution in [0.5, 0.6) is 5.75 Å². The van der Waals surface area contributed by atoms with E-state index in [0.29, 0.717) is 23.2 Å². The van der Waals surface area contributed by atoms with Gasteiger partial charge in [0.15, 0.2) is 0 Å². The van der Waals surface area contributed by atoms with Crippen molar-refractivity contribution in [1.82, 2.24) is 20.0 Å². The number of ether oxygens (including phenoxy) is 1. The number of hydrogen-bond acceptors (Lipinski definition) is 6. The van der Waals surface area contributed by atoms with Crippen LogP contribution in [0.15, 0.2) is 51.7 Å². The lowest BCUT2D eigenvalue weighted by molar-refractivity contribution is 0.0687. The molecule has 3 heterocycles. The van der Waals surface area contributed by atoms with Gasteiger partial charge in [0.2, 0.25) is 11.7 Å². The van der Waals surface area contributed by atoms with Gasteiger partial charge in [-0.3, -0.25) is 9.78 Å². The quantitative estimate of drug-likeness (QED) is 0.576. The topological polar surface area (TPSA) is 81.4 Å². The van der Waals surface area contributed by atoms with E-state index >= 15 is 0 Å². The number of aromatic nitrogens is 3. The number of pyridine rings is 1. The standard InChI is InChI=1S/C21H21BrN4O3/c1-28-18-4-2-15(3-5-18)20-24-19(29-25-20)10-14-6-8-26(9-7-14)21(27)16-11-17(22)13-23-12-16/h2-5,11-14H,6-10H2,1H3. The lowest BCUT2D eigenvalue weighted by Gasteiger charge is -2.31. The smallest absolute Gasteiger partial charge is 0.255 e. The number of halogens is 1. The largest absolute Gasteiger partial charge is 0.497 e. The Labute approximate surface area is 177 Å². The van der Waals surface area contributed by atoms with Crippen LogP contribution < -0.4 is 4.74 Å². The molecule has 1 saturated heterocycles. The lowest BCUT2D eigenvalue weighted by atomic mass is 9.93. The predicted molar refractivity (Wildman–Crippen MR) is 111 cm³/mol. The number of benzene rings is 1. The van der Waals surface area contributed by atoms with Crippen LogP contribution in [-0.2, 0) is 6.42 Å². The summed E-state index contributed by atoms with van der Waals surface area (Å²) in [7, 11) is 1.63. The molecule has 0 atom stereocenters. The molecule has 0 aliphatic carbocycles. The van der Waals surface area contributed by atoms with Gasteiger partial charge in [-0.05, 0) is 65.0 Å². The minimum absolute atomic E-state index is 0.0248. The Kier molecular flexibility index (Phi) is 5.89. The molecule has 0 bridgehead atoms. The summed E-state index contributed by atoms with van der Waals surface area (Å²) < 4.78 is 11.4. The second-order valence-electron chi connectivity index (χ2n) is 7.07. The van der Waals surface area contributed by atoms with Crippen LogP contribution in [0.4, 0.5) is 0 Å². The molecule has 3 aromatic rings. The van der Waals surface area contributed by atoms with Gasteiger partial charge in [-0.25, -0.2) is 0 Å². The van der Waals surface area contributed by atoms with Gasteiger partial charge in [0, 0.05) is 41.9 Å². The summed E-state index contributed by atoms with van der Waals surface area (Å²) in [4.78, 5) is 23.1. The highest BCUT2D eigenvalue weighted by Crippen LogP contribution is 2.25. The molecule has 8 heteroatoms. The Morgan fingerprint density at radius 1 is 1.24 bits per heavy atom. The van der Waals surface area contributed by atoms with Crippen molar-refractivity contribution in [3.05, 3.63) is 58.7 Å². The molecule has 1 aliphatic heterocycles. The summed E-state index contributed by atoms with van der Waals surface area (Å²) in [5.74, 6) is 2.45. The number of rotatable bonds is 5. The van der Waals surface area contributed by atoms with Crippen LogP contribution in [-0.4, -0.2) is 46.1 Å². The fourth-order valence-electron chi connectivity index (χ4n) is 3.49. The zero-order valence-electron chi connectivity index (χ0n) is 16.0. The Balaban J connectivity index is 1.33. The van der Waals surface area contributed by atoms with E-state index in [9.17, 15) is 4.79 Å². The van der Waals surface area contributed by atoms with Crippen LogP contribution >= 0.6 is 15.9 Å². The molecule has 4 rings (SSSR count). The van der Waals surface area contributed by atoms with Gasteiger partial charge in [-0.15, -0.1) is 0 Å². The molecule has 0 saturated carbocycles. The van der Waals surface area contributed by atoms with Crippen molar-refractivity contribution in [2.24, 2.45) is 5.92 Å². The van der Waals surface area contributed by atoms with Crippen molar-refractivity contribution in [2.45, 2.75) is 19.3 Å². The maximum absolute atomic E-state index is 12.6. The second kappa shape index (κ2) is 8.73. The number of hydrogen-bond donors (Lipinski definition) is 0. The van der Waals surface area contributed by atoms with E-state index in [0.717, 1.165) is 48.1 Å². The van der Waals surface area contributed by atoms with E-state index in [1.807, 2.05) is 29.2 Å². The molecule has 7 nitrogen and oxygen atoms in total. The van der Waals surface area contributed by atoms with Crippen LogP contribution in [0.25, 0.3) is 11.4 Å². The van der Waals surface area contributed by atoms with Crippen LogP contribution in [0.3, 0.4) is 0 Å². The number of carbonyl (C=O) groups is 1. The highest BCUT2D eigenvalue weighted by molar-refractivity contribution is 9.10. The van der Waals surface area contributed by atoms with Gasteiger partial charge in [0.1, 0.15) is 5.75 Å². The molecule has 0 spiro atoms. The first-order valence-electron chi connectivity index (χ1n) is 9.49. The third-order valence-corrected chi connectivity index (χ3v) is 5.57. The van der Waals surface area contributed by atoms with E-state index in [-0.39, 0.29) is 5.91 Å². The number of amides is 1. The third kappa shape index (κ3) is 4.64. The van der Waals surface area contributed by atoms with Gasteiger partial charge < -0.3 is 14.2 Å². The average molecular weight is 457 g/mol. The Bertz CT molecular complexity index is 982. The number of methoxy groups -OCH3 is 1. The van der Waals surface area contributed by atoms with Gasteiger partial charge in [0.05, 0.1) is 12.7 Å². The van der Waals surface area contributed by atoms with E-state index in [2.05, 4.69) is 31.1 Å². The molecular weight excluding hydrogens is 436 g/mol. The van der Waals surface area contributed by atoms with Crippen molar-refractivity contribution < 1.29 is 14.1 Å². The molecule has 1 fully saturated rings. The Morgan fingerprint density at radius 2 is 2.00 bits per heavy atom. The monoisotopic (exact) mass is 456 g/mol. The number of likely N-dealkylation sites (tertiary alicyclic amines) is 1. The zero-order valence-corrected chi connectivity index (χ0v) is 17.6. The van der Waals surface area contributed by atoms with Gasteiger partial charge in [-0.1, -0.05) is 5.16 Å². The molecule has 0 radical (unpaired) electrons. The van der Waals surface area contributed by atoms with Crippen LogP contribution in [0, 0.1) is 5.92 Å². The lowest BCUT2D eigenvalue weighted by Crippen LogP contribution is -2.39. The molecule has 0 unspecified atom stereocenters. The van der Waals surface area contributed by atoms with Crippen LogP contribution in [0.2, 0.25) is 0 Å². The zero-order chi connectivity index (χ0) is 20.2. The summed E-state index contributed by atoms with van der Waals surface area (Å²) in [5, 5.41) is 4.10. The molecule has 1 aliphatic rings. The SMILES string of the molecule is COc1ccc(-c2noc(CC3CCN(C(=O)c4cncc(Br)c4)CC3)n2)cc1. The van der Waals surface area contributed by atoms with E-state index in [1.165, 1.54) is 0 Å². The van der Waals surface area contributed by atoms with Crippen molar-refractivity contribution in [1.29, 1.82) is 0 Å². The predicted octanol–water partition coefficient (Wildman–Crippen LogP) is 4.00. The first kappa shape index (κ1) is 19.6. The summed E-state index contributed by atoms with van der Waals surface area (Å²) >= 11 is 3.36. The summed E-state index contributed by atoms with van der Waals surface area (Å²) in [5.41, 5.74) is 1.50. The number of piperidine rings is 1. The van der Waals surface area contributed by atoms with Crippen molar-refractivity contribution in [3.63, 3.8) is 0 Å². The Morgan fingerprint density at radius 3 is 2.69 bits per heavy atom. The molecular formula is C21H21BrN4O3. The fraction of sp³-hybridized carbons (Fsp3) is 0.333. The van der Waals surface area contributed by atoms with Gasteiger partial charge in [-0.2, -0.15) is 4.98 Å². The number of nitrogens with zero attached hydrogens (tertiary/aromatic N) is 4. The maximum atomic E-state index is 12.6. The van der Waals surface area contributed by atoms with Crippen molar-refractivity contribution in [2.75, 3.05) is 20.2 Å². The second-order valence-corrected chi connectivity index (χ2v) is 7.99. The van der Waals surface area contributed by atoms with E-state index < -0.39 is 0 Å². The van der Waals surface area contributed by atoms with Gasteiger partial charge >= 0.3 is 0 Å². The van der Waals surface area contributed by atoms with Crippen molar-refractivity contribution in [3.8, 4) is 17.1 Å². The van der Waals surface area contributed by atoms with Gasteiger partial charge in [0.25, 0.3) is 5.91 Å². The first-order valence-corrected chi connectivity index (χ1v) is 10.3. The normalized spacial score (nSPS) is 14.8. The minimum Gasteiger partial charge on any atom is -0.497 e. The maximum Gasteiger partial charge on any atom is 0.255 e. The first-order chi connectivity index (χ1) is 14.1. The summed E-state index contributed by atoms with van der Waals surface area (Å²) in [6.45, 7) is 1.44. The Hall–Kier alpha value is -2.74. The third-order valence-electron chi connectivity index (χ3n) is 5.13. The highest BCUT2D eigenvalue weighted by atomic mass is 79.9. The number of carbonyl (C=O) groups excluding carboxylic acids is 1. The summed E-state index contributed by atoms with van der Waals surface area (Å²) in [6, 6.07) is 9.38. The molecule has 1 aromatic carbocycles. The fourth-order valence-corrected chi connectivity index (χ4v) is 3.86. The van der Waals surface area contributed by atoms with Crippen molar-refractivity contribution >= 4 is 21.8 Å². The van der Waals surface area contributed by atoms with E-state index in [1.54, 1.807) is 25.6 Å². The molecule has 150 valence electrons.